The van der Waals surface area contributed by atoms with Gasteiger partial charge >= 0.3 is 0 Å². The highest BCUT2D eigenvalue weighted by Gasteiger charge is 2.19. The van der Waals surface area contributed by atoms with E-state index in [-0.39, 0.29) is 0 Å². The second-order valence-corrected chi connectivity index (χ2v) is 5.23. The van der Waals surface area contributed by atoms with Gasteiger partial charge in [0.25, 0.3) is 0 Å². The summed E-state index contributed by atoms with van der Waals surface area (Å²) < 4.78 is 0. The van der Waals surface area contributed by atoms with Gasteiger partial charge in [-0.3, -0.25) is 0 Å². The fourth-order valence-electron chi connectivity index (χ4n) is 2.53. The zero-order valence-electron chi connectivity index (χ0n) is 11.5. The van der Waals surface area contributed by atoms with Gasteiger partial charge in [-0.1, -0.05) is 20.3 Å². The standard InChI is InChI=1S/C14H30N2/c1-4-14(15-3)10-7-11-16(5-2)12-13-8-6-9-13/h13-15H,4-12H2,1-3H3. The van der Waals surface area contributed by atoms with Gasteiger partial charge in [0.1, 0.15) is 0 Å². The van der Waals surface area contributed by atoms with E-state index in [1.165, 1.54) is 58.2 Å². The Labute approximate surface area is 102 Å². The molecule has 1 N–H and O–H groups in total. The minimum absolute atomic E-state index is 0.724. The molecule has 0 bridgehead atoms. The Balaban J connectivity index is 2.07. The maximum atomic E-state index is 3.39. The van der Waals surface area contributed by atoms with E-state index >= 15 is 0 Å². The van der Waals surface area contributed by atoms with Crippen LogP contribution in [0.15, 0.2) is 0 Å². The van der Waals surface area contributed by atoms with Gasteiger partial charge in [0.2, 0.25) is 0 Å². The summed E-state index contributed by atoms with van der Waals surface area (Å²) in [7, 11) is 2.08. The lowest BCUT2D eigenvalue weighted by Crippen LogP contribution is -2.34. The second-order valence-electron chi connectivity index (χ2n) is 5.23. The third kappa shape index (κ3) is 4.84. The molecule has 0 aromatic heterocycles. The maximum Gasteiger partial charge on any atom is 0.00619 e. The third-order valence-electron chi connectivity index (χ3n) is 4.12. The molecule has 0 amide bonds. The topological polar surface area (TPSA) is 15.3 Å². The molecule has 1 unspecified atom stereocenters. The number of rotatable bonds is 9. The number of nitrogens with one attached hydrogen (secondary N) is 1. The molecule has 1 aliphatic carbocycles. The lowest BCUT2D eigenvalue weighted by atomic mass is 9.85. The highest BCUT2D eigenvalue weighted by Crippen LogP contribution is 2.27. The van der Waals surface area contributed by atoms with Crippen molar-refractivity contribution in [3.63, 3.8) is 0 Å². The van der Waals surface area contributed by atoms with Gasteiger partial charge in [0.05, 0.1) is 0 Å². The monoisotopic (exact) mass is 226 g/mol. The third-order valence-corrected chi connectivity index (χ3v) is 4.12. The van der Waals surface area contributed by atoms with Crippen molar-refractivity contribution < 1.29 is 0 Å². The van der Waals surface area contributed by atoms with Crippen LogP contribution in [0.5, 0.6) is 0 Å². The molecule has 0 saturated heterocycles. The second kappa shape index (κ2) is 8.08. The first-order valence-corrected chi connectivity index (χ1v) is 7.19. The molecule has 2 nitrogen and oxygen atoms in total. The molecule has 96 valence electrons. The summed E-state index contributed by atoms with van der Waals surface area (Å²) in [5.41, 5.74) is 0. The van der Waals surface area contributed by atoms with E-state index in [2.05, 4.69) is 31.1 Å². The van der Waals surface area contributed by atoms with Crippen molar-refractivity contribution in [1.82, 2.24) is 10.2 Å². The molecule has 1 fully saturated rings. The summed E-state index contributed by atoms with van der Waals surface area (Å²) in [5.74, 6) is 1.02. The van der Waals surface area contributed by atoms with Crippen molar-refractivity contribution in [3.8, 4) is 0 Å². The van der Waals surface area contributed by atoms with Gasteiger partial charge in [0.15, 0.2) is 0 Å². The summed E-state index contributed by atoms with van der Waals surface area (Å²) in [6.07, 6.45) is 8.36. The van der Waals surface area contributed by atoms with Crippen LogP contribution in [-0.4, -0.2) is 37.6 Å². The van der Waals surface area contributed by atoms with Crippen molar-refractivity contribution in [1.29, 1.82) is 0 Å². The van der Waals surface area contributed by atoms with Crippen molar-refractivity contribution in [3.05, 3.63) is 0 Å². The highest BCUT2D eigenvalue weighted by atomic mass is 15.1. The van der Waals surface area contributed by atoms with Crippen LogP contribution in [0.1, 0.15) is 52.4 Å². The van der Waals surface area contributed by atoms with Crippen LogP contribution in [-0.2, 0) is 0 Å². The number of hydrogen-bond acceptors (Lipinski definition) is 2. The van der Waals surface area contributed by atoms with Crippen LogP contribution in [0.4, 0.5) is 0 Å². The first kappa shape index (κ1) is 14.0. The Hall–Kier alpha value is -0.0800. The van der Waals surface area contributed by atoms with Gasteiger partial charge in [-0.05, 0) is 58.2 Å². The van der Waals surface area contributed by atoms with Gasteiger partial charge in [-0.2, -0.15) is 0 Å². The molecular formula is C14H30N2. The summed E-state index contributed by atoms with van der Waals surface area (Å²) in [6.45, 7) is 8.45. The summed E-state index contributed by atoms with van der Waals surface area (Å²) in [5, 5.41) is 3.39. The molecule has 0 aliphatic heterocycles. The lowest BCUT2D eigenvalue weighted by Gasteiger charge is -2.32. The van der Waals surface area contributed by atoms with E-state index < -0.39 is 0 Å². The lowest BCUT2D eigenvalue weighted by molar-refractivity contribution is 0.180. The predicted molar refractivity (Wildman–Crippen MR) is 71.8 cm³/mol. The molecule has 1 atom stereocenters. The van der Waals surface area contributed by atoms with Crippen LogP contribution in [0.25, 0.3) is 0 Å². The van der Waals surface area contributed by atoms with Gasteiger partial charge in [-0.25, -0.2) is 0 Å². The van der Waals surface area contributed by atoms with Gasteiger partial charge in [-0.15, -0.1) is 0 Å². The molecule has 1 rings (SSSR count). The Bertz CT molecular complexity index is 162. The molecule has 0 radical (unpaired) electrons. The Morgan fingerprint density at radius 2 is 2.06 bits per heavy atom. The summed E-state index contributed by atoms with van der Waals surface area (Å²) in [4.78, 5) is 2.65. The maximum absolute atomic E-state index is 3.39. The largest absolute Gasteiger partial charge is 0.317 e. The first-order chi connectivity index (χ1) is 7.80. The fraction of sp³-hybridized carbons (Fsp3) is 1.00. The average molecular weight is 226 g/mol. The molecule has 0 heterocycles. The number of hydrogen-bond donors (Lipinski definition) is 1. The van der Waals surface area contributed by atoms with E-state index in [9.17, 15) is 0 Å². The van der Waals surface area contributed by atoms with E-state index in [1.807, 2.05) is 0 Å². The van der Waals surface area contributed by atoms with Crippen molar-refractivity contribution in [2.24, 2.45) is 5.92 Å². The van der Waals surface area contributed by atoms with Gasteiger partial charge in [0, 0.05) is 12.6 Å². The molecule has 0 aromatic carbocycles. The quantitative estimate of drug-likeness (QED) is 0.650. The zero-order chi connectivity index (χ0) is 11.8. The minimum atomic E-state index is 0.724. The molecular weight excluding hydrogens is 196 g/mol. The van der Waals surface area contributed by atoms with E-state index in [4.69, 9.17) is 0 Å². The summed E-state index contributed by atoms with van der Waals surface area (Å²) >= 11 is 0. The number of nitrogens with zero attached hydrogens (tertiary/aromatic N) is 1. The minimum Gasteiger partial charge on any atom is -0.317 e. The fourth-order valence-corrected chi connectivity index (χ4v) is 2.53. The van der Waals surface area contributed by atoms with Crippen LogP contribution >= 0.6 is 0 Å². The van der Waals surface area contributed by atoms with Crippen LogP contribution in [0.2, 0.25) is 0 Å². The molecule has 1 saturated carbocycles. The summed E-state index contributed by atoms with van der Waals surface area (Å²) in [6, 6.07) is 0.724. The van der Waals surface area contributed by atoms with Crippen LogP contribution < -0.4 is 5.32 Å². The average Bonchev–Trinajstić information content (AvgIpc) is 2.26. The predicted octanol–water partition coefficient (Wildman–Crippen LogP) is 2.89. The Morgan fingerprint density at radius 3 is 2.50 bits per heavy atom. The Morgan fingerprint density at radius 1 is 1.31 bits per heavy atom. The normalized spacial score (nSPS) is 18.8. The van der Waals surface area contributed by atoms with Crippen LogP contribution in [0, 0.1) is 5.92 Å². The highest BCUT2D eigenvalue weighted by molar-refractivity contribution is 4.74. The molecule has 0 aromatic rings. The molecule has 2 heteroatoms. The van der Waals surface area contributed by atoms with Gasteiger partial charge < -0.3 is 10.2 Å². The van der Waals surface area contributed by atoms with Crippen molar-refractivity contribution in [2.75, 3.05) is 26.7 Å². The van der Waals surface area contributed by atoms with E-state index in [0.29, 0.717) is 0 Å². The smallest absolute Gasteiger partial charge is 0.00619 e. The molecule has 1 aliphatic rings. The van der Waals surface area contributed by atoms with Crippen molar-refractivity contribution in [2.45, 2.75) is 58.4 Å². The first-order valence-electron chi connectivity index (χ1n) is 7.19. The van der Waals surface area contributed by atoms with Crippen LogP contribution in [0.3, 0.4) is 0 Å². The van der Waals surface area contributed by atoms with E-state index in [0.717, 1.165) is 12.0 Å². The Kier molecular flexibility index (Phi) is 7.06. The molecule has 0 spiro atoms. The molecule has 16 heavy (non-hydrogen) atoms. The van der Waals surface area contributed by atoms with Crippen molar-refractivity contribution >= 4 is 0 Å². The zero-order valence-corrected chi connectivity index (χ0v) is 11.5. The SMILES string of the molecule is CCC(CCCN(CC)CC1CCC1)NC. The van der Waals surface area contributed by atoms with E-state index in [1.54, 1.807) is 0 Å².